The van der Waals surface area contributed by atoms with Crippen LogP contribution in [0.1, 0.15) is 37.8 Å². The van der Waals surface area contributed by atoms with Crippen molar-refractivity contribution in [3.8, 4) is 11.5 Å². The zero-order valence-electron chi connectivity index (χ0n) is 17.4. The van der Waals surface area contributed by atoms with Crippen LogP contribution in [0.5, 0.6) is 11.5 Å². The van der Waals surface area contributed by atoms with Gasteiger partial charge in [0.1, 0.15) is 0 Å². The molecule has 0 spiro atoms. The van der Waals surface area contributed by atoms with Gasteiger partial charge >= 0.3 is 0 Å². The molecule has 168 valence electrons. The molecule has 2 unspecified atom stereocenters. The first-order valence-electron chi connectivity index (χ1n) is 10.2. The summed E-state index contributed by atoms with van der Waals surface area (Å²) >= 11 is 26.0. The Bertz CT molecular complexity index is 833. The van der Waals surface area contributed by atoms with Crippen molar-refractivity contribution >= 4 is 46.4 Å². The van der Waals surface area contributed by atoms with Gasteiger partial charge < -0.3 is 18.9 Å². The summed E-state index contributed by atoms with van der Waals surface area (Å²) in [5, 5.41) is 1.86. The van der Waals surface area contributed by atoms with Crippen LogP contribution in [0.3, 0.4) is 0 Å². The van der Waals surface area contributed by atoms with Gasteiger partial charge in [0.05, 0.1) is 58.7 Å². The van der Waals surface area contributed by atoms with Gasteiger partial charge in [-0.1, -0.05) is 60.3 Å². The number of benzene rings is 2. The molecule has 0 saturated carbocycles. The number of halogens is 4. The molecule has 2 heterocycles. The molecule has 0 bridgehead atoms. The third-order valence-corrected chi connectivity index (χ3v) is 6.74. The van der Waals surface area contributed by atoms with Gasteiger partial charge in [-0.05, 0) is 35.4 Å². The molecule has 0 aliphatic carbocycles. The van der Waals surface area contributed by atoms with Crippen LogP contribution in [0.25, 0.3) is 0 Å². The fourth-order valence-electron chi connectivity index (χ4n) is 3.34. The maximum atomic E-state index is 6.51. The van der Waals surface area contributed by atoms with Gasteiger partial charge in [0.25, 0.3) is 0 Å². The molecule has 8 heteroatoms. The van der Waals surface area contributed by atoms with E-state index in [1.807, 2.05) is 24.3 Å². The Hall–Kier alpha value is -0.880. The summed E-state index contributed by atoms with van der Waals surface area (Å²) in [7, 11) is 0. The smallest absolute Gasteiger partial charge is 0.156 e. The van der Waals surface area contributed by atoms with Crippen LogP contribution < -0.4 is 9.47 Å². The molecule has 2 fully saturated rings. The second-order valence-electron chi connectivity index (χ2n) is 8.35. The van der Waals surface area contributed by atoms with Gasteiger partial charge in [0.2, 0.25) is 0 Å². The van der Waals surface area contributed by atoms with Gasteiger partial charge in [-0.25, -0.2) is 0 Å². The lowest BCUT2D eigenvalue weighted by Crippen LogP contribution is -2.19. The number of ether oxygens (including phenoxy) is 4. The van der Waals surface area contributed by atoms with Crippen molar-refractivity contribution in [3.05, 3.63) is 55.5 Å². The lowest BCUT2D eigenvalue weighted by atomic mass is 9.78. The molecule has 2 aliphatic rings. The van der Waals surface area contributed by atoms with Gasteiger partial charge in [-0.2, -0.15) is 0 Å². The summed E-state index contributed by atoms with van der Waals surface area (Å²) < 4.78 is 22.0. The van der Waals surface area contributed by atoms with Crippen LogP contribution in [0.2, 0.25) is 20.1 Å². The largest absolute Gasteiger partial charge is 0.490 e. The Morgan fingerprint density at radius 2 is 1.06 bits per heavy atom. The lowest BCUT2D eigenvalue weighted by Gasteiger charge is -2.28. The van der Waals surface area contributed by atoms with E-state index in [-0.39, 0.29) is 0 Å². The van der Waals surface area contributed by atoms with Crippen LogP contribution in [0.15, 0.2) is 24.3 Å². The zero-order chi connectivity index (χ0) is 22.2. The molecule has 0 aromatic heterocycles. The molecule has 2 aromatic carbocycles. The second kappa shape index (κ2) is 9.54. The van der Waals surface area contributed by atoms with Crippen molar-refractivity contribution in [2.45, 2.75) is 44.3 Å². The van der Waals surface area contributed by atoms with E-state index in [2.05, 4.69) is 13.8 Å². The maximum Gasteiger partial charge on any atom is 0.156 e. The number of rotatable bonds is 10. The van der Waals surface area contributed by atoms with Gasteiger partial charge in [-0.3, -0.25) is 0 Å². The summed E-state index contributed by atoms with van der Waals surface area (Å²) in [6.45, 7) is 6.72. The highest BCUT2D eigenvalue weighted by Gasteiger charge is 2.28. The molecule has 4 nitrogen and oxygen atoms in total. The molecule has 31 heavy (non-hydrogen) atoms. The minimum absolute atomic E-state index is 0.291. The summed E-state index contributed by atoms with van der Waals surface area (Å²) in [5.74, 6) is 0.978. The Morgan fingerprint density at radius 1 is 0.742 bits per heavy atom. The fourth-order valence-corrected chi connectivity index (χ4v) is 4.53. The molecule has 0 radical (unpaired) electrons. The van der Waals surface area contributed by atoms with Crippen LogP contribution >= 0.6 is 46.4 Å². The Balaban J connectivity index is 1.52. The van der Waals surface area contributed by atoms with Crippen molar-refractivity contribution in [3.63, 3.8) is 0 Å². The monoisotopic (exact) mass is 504 g/mol. The van der Waals surface area contributed by atoms with Crippen molar-refractivity contribution in [1.29, 1.82) is 0 Å². The Labute approximate surface area is 202 Å². The molecule has 2 aliphatic heterocycles. The quantitative estimate of drug-likeness (QED) is 0.327. The molecule has 0 N–H and O–H groups in total. The van der Waals surface area contributed by atoms with E-state index < -0.39 is 5.41 Å². The molecule has 0 amide bonds. The lowest BCUT2D eigenvalue weighted by molar-refractivity contribution is 0.283. The second-order valence-corrected chi connectivity index (χ2v) is 9.98. The van der Waals surface area contributed by atoms with Crippen LogP contribution in [-0.2, 0) is 14.9 Å². The Kier molecular flexibility index (Phi) is 7.17. The predicted octanol–water partition coefficient (Wildman–Crippen LogP) is 6.96. The van der Waals surface area contributed by atoms with Crippen molar-refractivity contribution in [2.75, 3.05) is 26.4 Å². The molecular formula is C23H24Cl4O4. The third kappa shape index (κ3) is 5.73. The summed E-state index contributed by atoms with van der Waals surface area (Å²) in [6, 6.07) is 7.49. The highest BCUT2D eigenvalue weighted by molar-refractivity contribution is 6.38. The van der Waals surface area contributed by atoms with Crippen LogP contribution in [0.4, 0.5) is 0 Å². The van der Waals surface area contributed by atoms with Gasteiger partial charge in [0, 0.05) is 18.3 Å². The average molecular weight is 506 g/mol. The normalized spacial score (nSPS) is 19.9. The van der Waals surface area contributed by atoms with E-state index >= 15 is 0 Å². The SMILES string of the molecule is CC(C)(c1cc(Cl)c(OCCC2CO2)c(Cl)c1)c1cc(Cl)c(OCCC2CO2)c(Cl)c1. The summed E-state index contributed by atoms with van der Waals surface area (Å²) in [5.41, 5.74) is 1.39. The van der Waals surface area contributed by atoms with Crippen molar-refractivity contribution in [2.24, 2.45) is 0 Å². The number of hydrogen-bond donors (Lipinski definition) is 0. The average Bonchev–Trinajstić information content (AvgIpc) is 3.61. The summed E-state index contributed by atoms with van der Waals surface area (Å²) in [6.07, 6.45) is 2.22. The zero-order valence-corrected chi connectivity index (χ0v) is 20.4. The first-order chi connectivity index (χ1) is 14.8. The number of hydrogen-bond acceptors (Lipinski definition) is 4. The first kappa shape index (κ1) is 23.3. The maximum absolute atomic E-state index is 6.51. The molecule has 2 aromatic rings. The first-order valence-corrected chi connectivity index (χ1v) is 11.7. The van der Waals surface area contributed by atoms with E-state index in [0.717, 1.165) is 37.2 Å². The highest BCUT2D eigenvalue weighted by atomic mass is 35.5. The van der Waals surface area contributed by atoms with Crippen molar-refractivity contribution in [1.82, 2.24) is 0 Å². The minimum Gasteiger partial charge on any atom is -0.490 e. The van der Waals surface area contributed by atoms with E-state index in [1.54, 1.807) is 0 Å². The van der Waals surface area contributed by atoms with E-state index in [0.29, 0.717) is 57.0 Å². The van der Waals surface area contributed by atoms with Crippen molar-refractivity contribution < 1.29 is 18.9 Å². The standard InChI is InChI=1S/C23H24Cl4O4/c1-23(2,13-7-17(24)21(18(25)8-13)28-5-3-15-11-30-15)14-9-19(26)22(20(27)10-14)29-6-4-16-12-31-16/h7-10,15-16H,3-6,11-12H2,1-2H3. The predicted molar refractivity (Wildman–Crippen MR) is 125 cm³/mol. The van der Waals surface area contributed by atoms with E-state index in [1.165, 1.54) is 0 Å². The molecule has 4 rings (SSSR count). The summed E-state index contributed by atoms with van der Waals surface area (Å²) in [4.78, 5) is 0. The third-order valence-electron chi connectivity index (χ3n) is 5.62. The molecule has 2 atom stereocenters. The van der Waals surface area contributed by atoms with Gasteiger partial charge in [-0.15, -0.1) is 0 Å². The minimum atomic E-state index is -0.457. The molecule has 2 saturated heterocycles. The molecular weight excluding hydrogens is 482 g/mol. The topological polar surface area (TPSA) is 43.5 Å². The Morgan fingerprint density at radius 3 is 1.35 bits per heavy atom. The van der Waals surface area contributed by atoms with E-state index in [4.69, 9.17) is 65.4 Å². The number of epoxide rings is 2. The highest BCUT2D eigenvalue weighted by Crippen LogP contribution is 2.44. The van der Waals surface area contributed by atoms with Crippen LogP contribution in [-0.4, -0.2) is 38.6 Å². The van der Waals surface area contributed by atoms with Crippen LogP contribution in [0, 0.1) is 0 Å². The fraction of sp³-hybridized carbons (Fsp3) is 0.478. The van der Waals surface area contributed by atoms with Gasteiger partial charge in [0.15, 0.2) is 11.5 Å². The van der Waals surface area contributed by atoms with E-state index in [9.17, 15) is 0 Å².